The highest BCUT2D eigenvalue weighted by Gasteiger charge is 2.35. The van der Waals surface area contributed by atoms with Crippen LogP contribution in [-0.2, 0) is 9.53 Å². The lowest BCUT2D eigenvalue weighted by atomic mass is 10.2. The van der Waals surface area contributed by atoms with Crippen molar-refractivity contribution in [1.29, 1.82) is 5.26 Å². The van der Waals surface area contributed by atoms with E-state index in [-0.39, 0.29) is 18.1 Å². The molecule has 2 N–H and O–H groups in total. The molecule has 2 atom stereocenters. The van der Waals surface area contributed by atoms with Crippen LogP contribution in [0.4, 0.5) is 0 Å². The summed E-state index contributed by atoms with van der Waals surface area (Å²) in [5, 5.41) is 8.99. The molecule has 2 rings (SSSR count). The van der Waals surface area contributed by atoms with Gasteiger partial charge in [-0.2, -0.15) is 5.26 Å². The molecule has 0 radical (unpaired) electrons. The van der Waals surface area contributed by atoms with Crippen LogP contribution in [0.15, 0.2) is 24.3 Å². The summed E-state index contributed by atoms with van der Waals surface area (Å²) in [4.78, 5) is 13.4. The highest BCUT2D eigenvalue weighted by molar-refractivity contribution is 5.80. The van der Waals surface area contributed by atoms with E-state index in [9.17, 15) is 4.79 Å². The molecule has 1 aromatic rings. The molecule has 1 saturated heterocycles. The molecule has 6 heteroatoms. The molecule has 1 aromatic carbocycles. The van der Waals surface area contributed by atoms with Crippen molar-refractivity contribution >= 4 is 5.91 Å². The average molecular weight is 289 g/mol. The van der Waals surface area contributed by atoms with Gasteiger partial charge in [0.2, 0.25) is 5.91 Å². The Bertz CT molecular complexity index is 541. The number of hydrogen-bond acceptors (Lipinski definition) is 5. The minimum atomic E-state index is -0.341. The Hall–Kier alpha value is -2.10. The standard InChI is InChI=1S/C15H19N3O3/c1-20-12-8-13(15(17)19)18(10-12)6-7-21-14-5-3-2-4-11(14)9-16/h2-5,12-13H,6-8,10H2,1H3,(H2,17,19)/t12-,13-/m0/s1. The number of nitrogens with two attached hydrogens (primary N) is 1. The molecule has 1 aliphatic heterocycles. The number of likely N-dealkylation sites (tertiary alicyclic amines) is 1. The van der Waals surface area contributed by atoms with Crippen molar-refractivity contribution in [3.63, 3.8) is 0 Å². The Balaban J connectivity index is 1.90. The third kappa shape index (κ3) is 3.72. The average Bonchev–Trinajstić information content (AvgIpc) is 2.91. The summed E-state index contributed by atoms with van der Waals surface area (Å²) in [6, 6.07) is 8.84. The topological polar surface area (TPSA) is 88.6 Å². The van der Waals surface area contributed by atoms with Gasteiger partial charge in [0.05, 0.1) is 17.7 Å². The van der Waals surface area contributed by atoms with Gasteiger partial charge in [-0.15, -0.1) is 0 Å². The fourth-order valence-electron chi connectivity index (χ4n) is 2.53. The number of primary amides is 1. The normalized spacial score (nSPS) is 21.9. The Labute approximate surface area is 124 Å². The van der Waals surface area contributed by atoms with Crippen LogP contribution < -0.4 is 10.5 Å². The minimum absolute atomic E-state index is 0.0221. The first-order valence-electron chi connectivity index (χ1n) is 6.83. The Morgan fingerprint density at radius 2 is 2.29 bits per heavy atom. The van der Waals surface area contributed by atoms with Crippen LogP contribution >= 0.6 is 0 Å². The lowest BCUT2D eigenvalue weighted by Gasteiger charge is -2.21. The largest absolute Gasteiger partial charge is 0.491 e. The molecule has 0 bridgehead atoms. The van der Waals surface area contributed by atoms with Gasteiger partial charge in [-0.1, -0.05) is 12.1 Å². The number of carbonyl (C=O) groups is 1. The number of carbonyl (C=O) groups excluding carboxylic acids is 1. The van der Waals surface area contributed by atoms with Gasteiger partial charge in [-0.3, -0.25) is 9.69 Å². The molecular formula is C15H19N3O3. The van der Waals surface area contributed by atoms with Crippen molar-refractivity contribution in [2.45, 2.75) is 18.6 Å². The molecule has 21 heavy (non-hydrogen) atoms. The molecule has 1 heterocycles. The second kappa shape index (κ2) is 7.07. The maximum atomic E-state index is 11.4. The van der Waals surface area contributed by atoms with Crippen molar-refractivity contribution in [3.8, 4) is 11.8 Å². The van der Waals surface area contributed by atoms with Gasteiger partial charge in [0.15, 0.2) is 0 Å². The summed E-state index contributed by atoms with van der Waals surface area (Å²) in [5.74, 6) is 0.213. The van der Waals surface area contributed by atoms with Crippen LogP contribution in [0.25, 0.3) is 0 Å². The molecule has 1 aliphatic rings. The molecule has 1 amide bonds. The smallest absolute Gasteiger partial charge is 0.234 e. The number of para-hydroxylation sites is 1. The van der Waals surface area contributed by atoms with E-state index in [0.29, 0.717) is 37.4 Å². The summed E-state index contributed by atoms with van der Waals surface area (Å²) in [6.45, 7) is 1.61. The van der Waals surface area contributed by atoms with Gasteiger partial charge in [-0.05, 0) is 18.6 Å². The summed E-state index contributed by atoms with van der Waals surface area (Å²) in [6.07, 6.45) is 0.634. The van der Waals surface area contributed by atoms with E-state index in [0.717, 1.165) is 0 Å². The van der Waals surface area contributed by atoms with E-state index in [1.807, 2.05) is 11.0 Å². The fraction of sp³-hybridized carbons (Fsp3) is 0.467. The number of nitrogens with zero attached hydrogens (tertiary/aromatic N) is 2. The zero-order chi connectivity index (χ0) is 15.2. The van der Waals surface area contributed by atoms with Crippen molar-refractivity contribution in [2.24, 2.45) is 5.73 Å². The van der Waals surface area contributed by atoms with Crippen molar-refractivity contribution in [2.75, 3.05) is 26.8 Å². The number of benzene rings is 1. The molecule has 0 aliphatic carbocycles. The zero-order valence-electron chi connectivity index (χ0n) is 12.0. The number of nitriles is 1. The third-order valence-electron chi connectivity index (χ3n) is 3.67. The summed E-state index contributed by atoms with van der Waals surface area (Å²) >= 11 is 0. The van der Waals surface area contributed by atoms with Gasteiger partial charge in [0, 0.05) is 20.2 Å². The molecule has 6 nitrogen and oxygen atoms in total. The Morgan fingerprint density at radius 1 is 1.52 bits per heavy atom. The summed E-state index contributed by atoms with van der Waals surface area (Å²) in [5.41, 5.74) is 5.91. The van der Waals surface area contributed by atoms with Gasteiger partial charge in [-0.25, -0.2) is 0 Å². The maximum absolute atomic E-state index is 11.4. The van der Waals surface area contributed by atoms with E-state index in [1.165, 1.54) is 0 Å². The molecule has 0 spiro atoms. The van der Waals surface area contributed by atoms with E-state index in [2.05, 4.69) is 6.07 Å². The summed E-state index contributed by atoms with van der Waals surface area (Å²) < 4.78 is 10.9. The first-order chi connectivity index (χ1) is 10.2. The predicted octanol–water partition coefficient (Wildman–Crippen LogP) is 0.512. The number of amides is 1. The van der Waals surface area contributed by atoms with E-state index in [4.69, 9.17) is 20.5 Å². The van der Waals surface area contributed by atoms with Crippen LogP contribution in [0.3, 0.4) is 0 Å². The van der Waals surface area contributed by atoms with Gasteiger partial charge in [0.1, 0.15) is 18.4 Å². The Morgan fingerprint density at radius 3 is 2.95 bits per heavy atom. The van der Waals surface area contributed by atoms with Gasteiger partial charge >= 0.3 is 0 Å². The SMILES string of the molecule is CO[C@H]1C[C@@H](C(N)=O)N(CCOc2ccccc2C#N)C1. The zero-order valence-corrected chi connectivity index (χ0v) is 12.0. The second-order valence-electron chi connectivity index (χ2n) is 4.96. The number of rotatable bonds is 6. The maximum Gasteiger partial charge on any atom is 0.234 e. The number of methoxy groups -OCH3 is 1. The number of hydrogen-bond donors (Lipinski definition) is 1. The highest BCUT2D eigenvalue weighted by atomic mass is 16.5. The second-order valence-corrected chi connectivity index (χ2v) is 4.96. The molecule has 112 valence electrons. The first-order valence-corrected chi connectivity index (χ1v) is 6.83. The van der Waals surface area contributed by atoms with Crippen molar-refractivity contribution in [3.05, 3.63) is 29.8 Å². The van der Waals surface area contributed by atoms with Crippen LogP contribution in [0.1, 0.15) is 12.0 Å². The van der Waals surface area contributed by atoms with E-state index in [1.54, 1.807) is 25.3 Å². The lowest BCUT2D eigenvalue weighted by Crippen LogP contribution is -2.42. The monoisotopic (exact) mass is 289 g/mol. The minimum Gasteiger partial charge on any atom is -0.491 e. The quantitative estimate of drug-likeness (QED) is 0.824. The molecule has 0 saturated carbocycles. The van der Waals surface area contributed by atoms with Crippen LogP contribution in [0.5, 0.6) is 5.75 Å². The molecule has 1 fully saturated rings. The van der Waals surface area contributed by atoms with Gasteiger partial charge < -0.3 is 15.2 Å². The van der Waals surface area contributed by atoms with Crippen LogP contribution in [0.2, 0.25) is 0 Å². The number of ether oxygens (including phenoxy) is 2. The molecular weight excluding hydrogens is 270 g/mol. The van der Waals surface area contributed by atoms with Crippen LogP contribution in [0, 0.1) is 11.3 Å². The van der Waals surface area contributed by atoms with Crippen molar-refractivity contribution < 1.29 is 14.3 Å². The highest BCUT2D eigenvalue weighted by Crippen LogP contribution is 2.20. The molecule has 0 unspecified atom stereocenters. The van der Waals surface area contributed by atoms with Crippen molar-refractivity contribution in [1.82, 2.24) is 4.90 Å². The fourth-order valence-corrected chi connectivity index (χ4v) is 2.53. The van der Waals surface area contributed by atoms with Crippen LogP contribution in [-0.4, -0.2) is 49.8 Å². The summed E-state index contributed by atoms with van der Waals surface area (Å²) in [7, 11) is 1.63. The van der Waals surface area contributed by atoms with E-state index < -0.39 is 0 Å². The van der Waals surface area contributed by atoms with Gasteiger partial charge in [0.25, 0.3) is 0 Å². The first kappa shape index (κ1) is 15.3. The molecule has 0 aromatic heterocycles. The van der Waals surface area contributed by atoms with E-state index >= 15 is 0 Å². The third-order valence-corrected chi connectivity index (χ3v) is 3.67. The Kier molecular flexibility index (Phi) is 5.14. The predicted molar refractivity (Wildman–Crippen MR) is 76.6 cm³/mol. The lowest BCUT2D eigenvalue weighted by molar-refractivity contribution is -0.122.